The summed E-state index contributed by atoms with van der Waals surface area (Å²) in [6.45, 7) is 0.0568. The van der Waals surface area contributed by atoms with Gasteiger partial charge in [-0.05, 0) is 41.5 Å². The number of rotatable bonds is 6. The third-order valence-corrected chi connectivity index (χ3v) is 5.95. The van der Waals surface area contributed by atoms with Crippen molar-refractivity contribution in [1.82, 2.24) is 9.80 Å². The molecule has 176 valence electrons. The Kier molecular flexibility index (Phi) is 6.88. The van der Waals surface area contributed by atoms with Gasteiger partial charge < -0.3 is 24.3 Å². The molecule has 0 aliphatic carbocycles. The predicted octanol–water partition coefficient (Wildman–Crippen LogP) is 3.61. The van der Waals surface area contributed by atoms with E-state index in [0.29, 0.717) is 22.9 Å². The van der Waals surface area contributed by atoms with Crippen molar-refractivity contribution in [3.8, 4) is 5.75 Å². The Morgan fingerprint density at radius 3 is 2.62 bits per heavy atom. The number of methoxy groups -OCH3 is 1. The van der Waals surface area contributed by atoms with Crippen LogP contribution < -0.4 is 10.1 Å². The zero-order valence-electron chi connectivity index (χ0n) is 18.8. The van der Waals surface area contributed by atoms with Crippen LogP contribution in [-0.4, -0.2) is 54.3 Å². The number of likely N-dealkylation sites (N-methyl/N-ethyl adjacent to an activating group) is 1. The zero-order chi connectivity index (χ0) is 24.2. The van der Waals surface area contributed by atoms with Crippen LogP contribution in [0.5, 0.6) is 5.75 Å². The first kappa shape index (κ1) is 23.4. The molecule has 3 amide bonds. The van der Waals surface area contributed by atoms with Gasteiger partial charge in [-0.3, -0.25) is 14.4 Å². The second-order valence-electron chi connectivity index (χ2n) is 7.99. The van der Waals surface area contributed by atoms with Crippen molar-refractivity contribution in [2.75, 3.05) is 26.0 Å². The number of nitrogens with zero attached hydrogens (tertiary/aromatic N) is 2. The standard InChI is InChI=1S/C25H24ClN3O5/c1-28(15-23(30)27-19-13-18(26)9-10-21(19)33-2)24(31)20-12-16-6-3-4-7-17(16)14-29(20)25(32)22-8-5-11-34-22/h3-11,13,20H,12,14-15H2,1-2H3,(H,27,30). The van der Waals surface area contributed by atoms with Gasteiger partial charge in [0.2, 0.25) is 11.8 Å². The molecular formula is C25H24ClN3O5. The Morgan fingerprint density at radius 1 is 1.15 bits per heavy atom. The van der Waals surface area contributed by atoms with E-state index in [0.717, 1.165) is 11.1 Å². The lowest BCUT2D eigenvalue weighted by atomic mass is 9.93. The Bertz CT molecular complexity index is 1210. The van der Waals surface area contributed by atoms with Crippen LogP contribution >= 0.6 is 11.6 Å². The third kappa shape index (κ3) is 4.92. The Morgan fingerprint density at radius 2 is 1.91 bits per heavy atom. The summed E-state index contributed by atoms with van der Waals surface area (Å²) in [5.41, 5.74) is 2.37. The summed E-state index contributed by atoms with van der Waals surface area (Å²) in [5.74, 6) is -0.532. The smallest absolute Gasteiger partial charge is 0.290 e. The SMILES string of the molecule is COc1ccc(Cl)cc1NC(=O)CN(C)C(=O)C1Cc2ccccc2CN1C(=O)c1ccco1. The number of ether oxygens (including phenoxy) is 1. The van der Waals surface area contributed by atoms with E-state index in [1.165, 1.54) is 30.2 Å². The maximum absolute atomic E-state index is 13.4. The van der Waals surface area contributed by atoms with Crippen LogP contribution in [-0.2, 0) is 22.6 Å². The average Bonchev–Trinajstić information content (AvgIpc) is 3.37. The fourth-order valence-corrected chi connectivity index (χ4v) is 4.19. The van der Waals surface area contributed by atoms with E-state index in [1.807, 2.05) is 24.3 Å². The minimum atomic E-state index is -0.772. The molecule has 9 heteroatoms. The van der Waals surface area contributed by atoms with Crippen molar-refractivity contribution in [3.63, 3.8) is 0 Å². The predicted molar refractivity (Wildman–Crippen MR) is 127 cm³/mol. The minimum absolute atomic E-state index is 0.158. The second kappa shape index (κ2) is 10.0. The number of carbonyl (C=O) groups excluding carboxylic acids is 3. The van der Waals surface area contributed by atoms with Crippen molar-refractivity contribution in [2.45, 2.75) is 19.0 Å². The monoisotopic (exact) mass is 481 g/mol. The Balaban J connectivity index is 1.51. The second-order valence-corrected chi connectivity index (χ2v) is 8.42. The molecule has 1 aliphatic heterocycles. The largest absolute Gasteiger partial charge is 0.495 e. The molecule has 4 rings (SSSR count). The van der Waals surface area contributed by atoms with Gasteiger partial charge in [-0.2, -0.15) is 0 Å². The first-order valence-electron chi connectivity index (χ1n) is 10.7. The fourth-order valence-electron chi connectivity index (χ4n) is 4.01. The summed E-state index contributed by atoms with van der Waals surface area (Å²) in [4.78, 5) is 42.1. The summed E-state index contributed by atoms with van der Waals surface area (Å²) < 4.78 is 10.5. The molecule has 3 aromatic rings. The van der Waals surface area contributed by atoms with Crippen LogP contribution in [0.1, 0.15) is 21.7 Å². The lowest BCUT2D eigenvalue weighted by Crippen LogP contribution is -2.53. The topological polar surface area (TPSA) is 92.1 Å². The highest BCUT2D eigenvalue weighted by atomic mass is 35.5. The number of furan rings is 1. The Labute approximate surface area is 202 Å². The summed E-state index contributed by atoms with van der Waals surface area (Å²) >= 11 is 6.03. The fraction of sp³-hybridized carbons (Fsp3) is 0.240. The number of carbonyl (C=O) groups is 3. The quantitative estimate of drug-likeness (QED) is 0.580. The molecule has 8 nitrogen and oxygen atoms in total. The van der Waals surface area contributed by atoms with Crippen LogP contribution in [0.3, 0.4) is 0 Å². The van der Waals surface area contributed by atoms with Crippen LogP contribution in [0.25, 0.3) is 0 Å². The molecule has 1 atom stereocenters. The molecule has 0 bridgehead atoms. The van der Waals surface area contributed by atoms with Gasteiger partial charge in [-0.1, -0.05) is 35.9 Å². The molecule has 0 saturated carbocycles. The first-order chi connectivity index (χ1) is 16.4. The molecule has 1 aromatic heterocycles. The molecule has 1 aliphatic rings. The number of fused-ring (bicyclic) bond motifs is 1. The van der Waals surface area contributed by atoms with E-state index in [9.17, 15) is 14.4 Å². The first-order valence-corrected chi connectivity index (χ1v) is 11.0. The molecule has 0 fully saturated rings. The lowest BCUT2D eigenvalue weighted by Gasteiger charge is -2.37. The van der Waals surface area contributed by atoms with Crippen molar-refractivity contribution < 1.29 is 23.5 Å². The van der Waals surface area contributed by atoms with Crippen LogP contribution in [0.2, 0.25) is 5.02 Å². The number of anilines is 1. The van der Waals surface area contributed by atoms with Crippen molar-refractivity contribution in [3.05, 3.63) is 82.8 Å². The van der Waals surface area contributed by atoms with Gasteiger partial charge in [-0.15, -0.1) is 0 Å². The van der Waals surface area contributed by atoms with Crippen molar-refractivity contribution in [1.29, 1.82) is 0 Å². The highest BCUT2D eigenvalue weighted by molar-refractivity contribution is 6.31. The summed E-state index contributed by atoms with van der Waals surface area (Å²) in [6.07, 6.45) is 1.76. The number of hydrogen-bond donors (Lipinski definition) is 1. The Hall–Kier alpha value is -3.78. The van der Waals surface area contributed by atoms with E-state index in [1.54, 1.807) is 30.3 Å². The molecule has 0 radical (unpaired) electrons. The van der Waals surface area contributed by atoms with Crippen molar-refractivity contribution in [2.24, 2.45) is 0 Å². The average molecular weight is 482 g/mol. The maximum atomic E-state index is 13.4. The molecule has 0 spiro atoms. The van der Waals surface area contributed by atoms with E-state index in [-0.39, 0.29) is 30.7 Å². The van der Waals surface area contributed by atoms with Gasteiger partial charge in [-0.25, -0.2) is 0 Å². The summed E-state index contributed by atoms with van der Waals surface area (Å²) in [7, 11) is 3.02. The highest BCUT2D eigenvalue weighted by Crippen LogP contribution is 2.28. The van der Waals surface area contributed by atoms with Gasteiger partial charge in [0.05, 0.1) is 25.6 Å². The molecule has 2 aromatic carbocycles. The normalized spacial score (nSPS) is 14.8. The van der Waals surface area contributed by atoms with E-state index >= 15 is 0 Å². The van der Waals surface area contributed by atoms with Gasteiger partial charge in [0, 0.05) is 25.0 Å². The van der Waals surface area contributed by atoms with Crippen LogP contribution in [0.15, 0.2) is 65.3 Å². The van der Waals surface area contributed by atoms with Gasteiger partial charge in [0.1, 0.15) is 11.8 Å². The van der Waals surface area contributed by atoms with E-state index in [2.05, 4.69) is 5.32 Å². The number of halogens is 1. The number of nitrogens with one attached hydrogen (secondary N) is 1. The van der Waals surface area contributed by atoms with Crippen LogP contribution in [0.4, 0.5) is 5.69 Å². The minimum Gasteiger partial charge on any atom is -0.495 e. The number of benzene rings is 2. The maximum Gasteiger partial charge on any atom is 0.290 e. The molecule has 2 heterocycles. The van der Waals surface area contributed by atoms with Gasteiger partial charge in [0.25, 0.3) is 5.91 Å². The van der Waals surface area contributed by atoms with E-state index in [4.69, 9.17) is 20.8 Å². The van der Waals surface area contributed by atoms with E-state index < -0.39 is 11.9 Å². The molecule has 1 N–H and O–H groups in total. The molecular weight excluding hydrogens is 458 g/mol. The molecule has 34 heavy (non-hydrogen) atoms. The number of hydrogen-bond acceptors (Lipinski definition) is 5. The highest BCUT2D eigenvalue weighted by Gasteiger charge is 2.37. The van der Waals surface area contributed by atoms with Crippen molar-refractivity contribution >= 4 is 35.0 Å². The molecule has 1 unspecified atom stereocenters. The molecule has 0 saturated heterocycles. The number of amides is 3. The summed E-state index contributed by atoms with van der Waals surface area (Å²) in [5, 5.41) is 3.16. The third-order valence-electron chi connectivity index (χ3n) is 5.72. The lowest BCUT2D eigenvalue weighted by molar-refractivity contribution is -0.137. The van der Waals surface area contributed by atoms with Gasteiger partial charge >= 0.3 is 0 Å². The summed E-state index contributed by atoms with van der Waals surface area (Å²) in [6, 6.07) is 15.0. The van der Waals surface area contributed by atoms with Gasteiger partial charge in [0.15, 0.2) is 5.76 Å². The zero-order valence-corrected chi connectivity index (χ0v) is 19.5. The van der Waals surface area contributed by atoms with Crippen LogP contribution in [0, 0.1) is 0 Å².